The van der Waals surface area contributed by atoms with E-state index in [1.807, 2.05) is 0 Å². The van der Waals surface area contributed by atoms with Crippen LogP contribution in [-0.4, -0.2) is 19.7 Å². The maximum atomic E-state index is 8.94. The monoisotopic (exact) mass is 254 g/mol. The molecule has 0 aliphatic heterocycles. The molecule has 3 aromatic rings. The van der Waals surface area contributed by atoms with Crippen molar-refractivity contribution in [3.05, 3.63) is 35.5 Å². The smallest absolute Gasteiger partial charge is 0.246 e. The van der Waals surface area contributed by atoms with Gasteiger partial charge in [-0.2, -0.15) is 10.2 Å². The van der Waals surface area contributed by atoms with Gasteiger partial charge in [-0.1, -0.05) is 5.16 Å². The van der Waals surface area contributed by atoms with E-state index in [9.17, 15) is 0 Å². The molecule has 0 amide bonds. The Balaban J connectivity index is 2.11. The molecular formula is C12H10N6O. The maximum Gasteiger partial charge on any atom is 0.246 e. The topological polar surface area (TPSA) is 107 Å². The minimum absolute atomic E-state index is 0.331. The molecule has 0 atom stereocenters. The molecule has 0 spiro atoms. The standard InChI is InChI=1S/C12H10N6O/c1-7-15-11(19-17-7)6-18-10-4-8(5-13)2-3-9(10)16-12(18)14/h2-4H,6H2,1H3,(H2,14,16). The number of anilines is 1. The lowest BCUT2D eigenvalue weighted by atomic mass is 10.2. The molecule has 2 heterocycles. The molecule has 0 fully saturated rings. The Hall–Kier alpha value is -2.88. The van der Waals surface area contributed by atoms with Crippen molar-refractivity contribution in [2.24, 2.45) is 0 Å². The molecule has 7 heteroatoms. The average molecular weight is 254 g/mol. The first-order chi connectivity index (χ1) is 9.17. The third-order valence-corrected chi connectivity index (χ3v) is 2.77. The van der Waals surface area contributed by atoms with Crippen molar-refractivity contribution in [2.75, 3.05) is 5.73 Å². The second kappa shape index (κ2) is 4.10. The number of hydrogen-bond donors (Lipinski definition) is 1. The summed E-state index contributed by atoms with van der Waals surface area (Å²) in [5, 5.41) is 12.7. The Labute approximate surface area is 108 Å². The van der Waals surface area contributed by atoms with Crippen molar-refractivity contribution in [1.29, 1.82) is 5.26 Å². The Morgan fingerprint density at radius 3 is 2.95 bits per heavy atom. The van der Waals surface area contributed by atoms with Crippen LogP contribution >= 0.6 is 0 Å². The second-order valence-electron chi connectivity index (χ2n) is 4.11. The highest BCUT2D eigenvalue weighted by atomic mass is 16.5. The van der Waals surface area contributed by atoms with E-state index in [0.29, 0.717) is 29.8 Å². The number of imidazole rings is 1. The summed E-state index contributed by atoms with van der Waals surface area (Å²) in [6, 6.07) is 7.30. The lowest BCUT2D eigenvalue weighted by molar-refractivity contribution is 0.369. The van der Waals surface area contributed by atoms with Crippen LogP contribution in [0.15, 0.2) is 22.7 Å². The van der Waals surface area contributed by atoms with E-state index in [1.54, 1.807) is 29.7 Å². The molecule has 0 unspecified atom stereocenters. The highest BCUT2D eigenvalue weighted by molar-refractivity contribution is 5.79. The van der Waals surface area contributed by atoms with Gasteiger partial charge in [0.1, 0.15) is 6.54 Å². The van der Waals surface area contributed by atoms with Crippen molar-refractivity contribution < 1.29 is 4.52 Å². The zero-order chi connectivity index (χ0) is 13.4. The lowest BCUT2D eigenvalue weighted by Crippen LogP contribution is -2.05. The number of nitrogen functional groups attached to an aromatic ring is 1. The van der Waals surface area contributed by atoms with Gasteiger partial charge in [0.25, 0.3) is 0 Å². The quantitative estimate of drug-likeness (QED) is 0.737. The summed E-state index contributed by atoms with van der Waals surface area (Å²) in [6.07, 6.45) is 0. The van der Waals surface area contributed by atoms with Gasteiger partial charge in [-0.05, 0) is 25.1 Å². The van der Waals surface area contributed by atoms with Crippen molar-refractivity contribution in [3.8, 4) is 6.07 Å². The SMILES string of the molecule is Cc1noc(Cn2c(N)nc3ccc(C#N)cc32)n1. The van der Waals surface area contributed by atoms with Gasteiger partial charge in [-0.15, -0.1) is 0 Å². The fraction of sp³-hybridized carbons (Fsp3) is 0.167. The normalized spacial score (nSPS) is 10.7. The molecule has 0 aliphatic rings. The zero-order valence-electron chi connectivity index (χ0n) is 10.2. The van der Waals surface area contributed by atoms with Gasteiger partial charge in [-0.3, -0.25) is 0 Å². The maximum absolute atomic E-state index is 8.94. The van der Waals surface area contributed by atoms with Crippen LogP contribution in [0.2, 0.25) is 0 Å². The van der Waals surface area contributed by atoms with Gasteiger partial charge in [-0.25, -0.2) is 4.98 Å². The van der Waals surface area contributed by atoms with Gasteiger partial charge in [0.05, 0.1) is 22.7 Å². The van der Waals surface area contributed by atoms with Gasteiger partial charge in [0.2, 0.25) is 11.8 Å². The molecular weight excluding hydrogens is 244 g/mol. The van der Waals surface area contributed by atoms with Crippen LogP contribution in [0, 0.1) is 18.3 Å². The van der Waals surface area contributed by atoms with Crippen LogP contribution in [0.3, 0.4) is 0 Å². The Bertz CT molecular complexity index is 794. The van der Waals surface area contributed by atoms with E-state index >= 15 is 0 Å². The van der Waals surface area contributed by atoms with E-state index < -0.39 is 0 Å². The Morgan fingerprint density at radius 2 is 2.26 bits per heavy atom. The van der Waals surface area contributed by atoms with Gasteiger partial charge in [0.15, 0.2) is 5.82 Å². The van der Waals surface area contributed by atoms with Crippen molar-refractivity contribution in [3.63, 3.8) is 0 Å². The number of fused-ring (bicyclic) bond motifs is 1. The second-order valence-corrected chi connectivity index (χ2v) is 4.11. The number of hydrogen-bond acceptors (Lipinski definition) is 6. The first kappa shape index (κ1) is 11.2. The molecule has 0 bridgehead atoms. The minimum Gasteiger partial charge on any atom is -0.369 e. The van der Waals surface area contributed by atoms with Crippen LogP contribution < -0.4 is 5.73 Å². The summed E-state index contributed by atoms with van der Waals surface area (Å²) in [5.41, 5.74) is 7.93. The average Bonchev–Trinajstić information content (AvgIpc) is 2.94. The number of nitrogens with zero attached hydrogens (tertiary/aromatic N) is 5. The summed E-state index contributed by atoms with van der Waals surface area (Å²) >= 11 is 0. The third-order valence-electron chi connectivity index (χ3n) is 2.77. The highest BCUT2D eigenvalue weighted by Gasteiger charge is 2.12. The molecule has 0 aliphatic carbocycles. The molecule has 0 radical (unpaired) electrons. The lowest BCUT2D eigenvalue weighted by Gasteiger charge is -2.02. The summed E-state index contributed by atoms with van der Waals surface area (Å²) in [5.74, 6) is 1.36. The minimum atomic E-state index is 0.331. The summed E-state index contributed by atoms with van der Waals surface area (Å²) in [7, 11) is 0. The molecule has 1 aromatic carbocycles. The predicted octanol–water partition coefficient (Wildman–Crippen LogP) is 1.23. The van der Waals surface area contributed by atoms with E-state index in [1.165, 1.54) is 0 Å². The van der Waals surface area contributed by atoms with E-state index in [2.05, 4.69) is 21.2 Å². The number of aryl methyl sites for hydroxylation is 1. The first-order valence-corrected chi connectivity index (χ1v) is 5.62. The summed E-state index contributed by atoms with van der Waals surface area (Å²) in [6.45, 7) is 2.08. The third kappa shape index (κ3) is 1.89. The van der Waals surface area contributed by atoms with Crippen molar-refractivity contribution in [2.45, 2.75) is 13.5 Å². The molecule has 2 aromatic heterocycles. The molecule has 3 rings (SSSR count). The first-order valence-electron chi connectivity index (χ1n) is 5.62. The van der Waals surface area contributed by atoms with Crippen molar-refractivity contribution >= 4 is 17.0 Å². The molecule has 7 nitrogen and oxygen atoms in total. The fourth-order valence-electron chi connectivity index (χ4n) is 1.92. The molecule has 19 heavy (non-hydrogen) atoms. The number of nitriles is 1. The molecule has 94 valence electrons. The van der Waals surface area contributed by atoms with E-state index in [4.69, 9.17) is 15.5 Å². The summed E-state index contributed by atoms with van der Waals surface area (Å²) < 4.78 is 6.81. The van der Waals surface area contributed by atoms with E-state index in [0.717, 1.165) is 11.0 Å². The number of rotatable bonds is 2. The molecule has 0 saturated heterocycles. The Kier molecular flexibility index (Phi) is 2.42. The van der Waals surface area contributed by atoms with Crippen LogP contribution in [-0.2, 0) is 6.54 Å². The number of benzene rings is 1. The Morgan fingerprint density at radius 1 is 1.42 bits per heavy atom. The van der Waals surface area contributed by atoms with Gasteiger partial charge in [0, 0.05) is 0 Å². The van der Waals surface area contributed by atoms with E-state index in [-0.39, 0.29) is 0 Å². The number of nitrogens with two attached hydrogens (primary N) is 1. The van der Waals surface area contributed by atoms with Crippen LogP contribution in [0.5, 0.6) is 0 Å². The summed E-state index contributed by atoms with van der Waals surface area (Å²) in [4.78, 5) is 8.36. The van der Waals surface area contributed by atoms with Crippen molar-refractivity contribution in [1.82, 2.24) is 19.7 Å². The fourth-order valence-corrected chi connectivity index (χ4v) is 1.92. The number of aromatic nitrogens is 4. The predicted molar refractivity (Wildman–Crippen MR) is 67.0 cm³/mol. The zero-order valence-corrected chi connectivity index (χ0v) is 10.2. The largest absolute Gasteiger partial charge is 0.369 e. The molecule has 2 N–H and O–H groups in total. The van der Waals surface area contributed by atoms with Crippen LogP contribution in [0.4, 0.5) is 5.95 Å². The highest BCUT2D eigenvalue weighted by Crippen LogP contribution is 2.20. The van der Waals surface area contributed by atoms with Gasteiger partial charge >= 0.3 is 0 Å². The van der Waals surface area contributed by atoms with Gasteiger partial charge < -0.3 is 14.8 Å². The van der Waals surface area contributed by atoms with Crippen LogP contribution in [0.1, 0.15) is 17.3 Å². The van der Waals surface area contributed by atoms with Crippen LogP contribution in [0.25, 0.3) is 11.0 Å². The molecule has 0 saturated carbocycles.